The van der Waals surface area contributed by atoms with Gasteiger partial charge < -0.3 is 25.5 Å². The van der Waals surface area contributed by atoms with E-state index in [1.54, 1.807) is 19.1 Å². The third kappa shape index (κ3) is 6.09. The van der Waals surface area contributed by atoms with Gasteiger partial charge in [0.25, 0.3) is 0 Å². The molecule has 0 radical (unpaired) electrons. The quantitative estimate of drug-likeness (QED) is 0.745. The van der Waals surface area contributed by atoms with E-state index in [4.69, 9.17) is 11.6 Å². The van der Waals surface area contributed by atoms with Crippen molar-refractivity contribution < 1.29 is 9.90 Å². The number of hydrogen-bond donors (Lipinski definition) is 3. The first-order valence-corrected chi connectivity index (χ1v) is 7.37. The Balaban J connectivity index is 2.68. The van der Waals surface area contributed by atoms with Crippen LogP contribution in [0.25, 0.3) is 0 Å². The molecule has 2 amide bonds. The zero-order chi connectivity index (χ0) is 16.9. The minimum Gasteiger partial charge on any atom is -0.387 e. The molecular weight excluding hydrogens is 304 g/mol. The molecule has 0 saturated heterocycles. The standard InChI is InChI=1S/C15H25ClN4O2/c1-15(22,10-19(2)3)9-17-14(21)18-12-8-11(16)6-7-13(12)20(4)5/h6-8,22H,9-10H2,1-5H3,(H2,17,18,21). The topological polar surface area (TPSA) is 67.8 Å². The molecule has 0 aliphatic rings. The predicted octanol–water partition coefficient (Wildman–Crippen LogP) is 1.84. The molecule has 0 fully saturated rings. The van der Waals surface area contributed by atoms with E-state index >= 15 is 0 Å². The molecule has 0 aromatic heterocycles. The summed E-state index contributed by atoms with van der Waals surface area (Å²) in [6, 6.07) is 4.90. The lowest BCUT2D eigenvalue weighted by Gasteiger charge is -2.27. The van der Waals surface area contributed by atoms with Crippen molar-refractivity contribution in [1.82, 2.24) is 10.2 Å². The van der Waals surface area contributed by atoms with Crippen molar-refractivity contribution in [3.8, 4) is 0 Å². The van der Waals surface area contributed by atoms with Gasteiger partial charge in [-0.1, -0.05) is 11.6 Å². The summed E-state index contributed by atoms with van der Waals surface area (Å²) in [7, 11) is 7.50. The minimum absolute atomic E-state index is 0.148. The Morgan fingerprint density at radius 3 is 2.50 bits per heavy atom. The average molecular weight is 329 g/mol. The van der Waals surface area contributed by atoms with Crippen LogP contribution in [-0.2, 0) is 0 Å². The van der Waals surface area contributed by atoms with Gasteiger partial charge in [-0.2, -0.15) is 0 Å². The maximum atomic E-state index is 12.0. The second-order valence-corrected chi connectivity index (χ2v) is 6.53. The molecule has 0 heterocycles. The minimum atomic E-state index is -1.00. The van der Waals surface area contributed by atoms with Gasteiger partial charge in [0.05, 0.1) is 17.0 Å². The SMILES string of the molecule is CN(C)CC(C)(O)CNC(=O)Nc1cc(Cl)ccc1N(C)C. The van der Waals surface area contributed by atoms with Crippen LogP contribution in [0.5, 0.6) is 0 Å². The van der Waals surface area contributed by atoms with Crippen LogP contribution in [0.1, 0.15) is 6.92 Å². The number of amides is 2. The molecule has 124 valence electrons. The van der Waals surface area contributed by atoms with E-state index in [9.17, 15) is 9.90 Å². The van der Waals surface area contributed by atoms with Crippen molar-refractivity contribution in [2.24, 2.45) is 0 Å². The third-order valence-corrected chi connectivity index (χ3v) is 3.21. The van der Waals surface area contributed by atoms with Gasteiger partial charge in [-0.25, -0.2) is 4.79 Å². The summed E-state index contributed by atoms with van der Waals surface area (Å²) in [6.45, 7) is 2.28. The Labute approximate surface area is 137 Å². The van der Waals surface area contributed by atoms with Crippen LogP contribution in [0.2, 0.25) is 5.02 Å². The van der Waals surface area contributed by atoms with Crippen molar-refractivity contribution in [3.63, 3.8) is 0 Å². The van der Waals surface area contributed by atoms with Crippen LogP contribution < -0.4 is 15.5 Å². The number of aliphatic hydroxyl groups is 1. The van der Waals surface area contributed by atoms with Crippen molar-refractivity contribution in [2.75, 3.05) is 51.5 Å². The zero-order valence-corrected chi connectivity index (χ0v) is 14.5. The van der Waals surface area contributed by atoms with Gasteiger partial charge in [0.2, 0.25) is 0 Å². The summed E-state index contributed by atoms with van der Waals surface area (Å²) in [5.41, 5.74) is 0.460. The van der Waals surface area contributed by atoms with E-state index in [2.05, 4.69) is 10.6 Å². The highest BCUT2D eigenvalue weighted by Crippen LogP contribution is 2.27. The lowest BCUT2D eigenvalue weighted by Crippen LogP contribution is -2.48. The maximum Gasteiger partial charge on any atom is 0.319 e. The smallest absolute Gasteiger partial charge is 0.319 e. The van der Waals surface area contributed by atoms with E-state index in [0.29, 0.717) is 17.3 Å². The summed E-state index contributed by atoms with van der Waals surface area (Å²) >= 11 is 5.98. The second kappa shape index (κ2) is 7.67. The molecule has 0 aliphatic heterocycles. The van der Waals surface area contributed by atoms with E-state index in [0.717, 1.165) is 5.69 Å². The molecule has 1 rings (SSSR count). The average Bonchev–Trinajstić information content (AvgIpc) is 2.34. The van der Waals surface area contributed by atoms with E-state index in [-0.39, 0.29) is 12.6 Å². The molecule has 1 aromatic carbocycles. The fraction of sp³-hybridized carbons (Fsp3) is 0.533. The summed E-state index contributed by atoms with van der Waals surface area (Å²) in [4.78, 5) is 15.8. The summed E-state index contributed by atoms with van der Waals surface area (Å²) in [5.74, 6) is 0. The van der Waals surface area contributed by atoms with E-state index in [1.807, 2.05) is 44.1 Å². The zero-order valence-electron chi connectivity index (χ0n) is 13.8. The fourth-order valence-corrected chi connectivity index (χ4v) is 2.34. The number of nitrogens with one attached hydrogen (secondary N) is 2. The number of anilines is 2. The normalized spacial score (nSPS) is 13.6. The molecule has 1 aromatic rings. The van der Waals surface area contributed by atoms with Crippen molar-refractivity contribution >= 4 is 29.0 Å². The number of likely N-dealkylation sites (N-methyl/N-ethyl adjacent to an activating group) is 1. The highest BCUT2D eigenvalue weighted by atomic mass is 35.5. The van der Waals surface area contributed by atoms with Gasteiger partial charge in [-0.15, -0.1) is 0 Å². The van der Waals surface area contributed by atoms with Crippen molar-refractivity contribution in [1.29, 1.82) is 0 Å². The number of urea groups is 1. The Hall–Kier alpha value is -1.50. The van der Waals surface area contributed by atoms with Gasteiger partial charge in [-0.05, 0) is 39.2 Å². The summed E-state index contributed by atoms with van der Waals surface area (Å²) < 4.78 is 0. The predicted molar refractivity (Wildman–Crippen MR) is 92.0 cm³/mol. The van der Waals surface area contributed by atoms with Gasteiger partial charge in [0.15, 0.2) is 0 Å². The Bertz CT molecular complexity index is 518. The third-order valence-electron chi connectivity index (χ3n) is 2.98. The van der Waals surface area contributed by atoms with Gasteiger partial charge in [0, 0.05) is 32.2 Å². The number of halogens is 1. The lowest BCUT2D eigenvalue weighted by molar-refractivity contribution is 0.0364. The fourth-order valence-electron chi connectivity index (χ4n) is 2.17. The van der Waals surface area contributed by atoms with E-state index < -0.39 is 5.60 Å². The largest absolute Gasteiger partial charge is 0.387 e. The number of carbonyl (C=O) groups is 1. The first-order chi connectivity index (χ1) is 10.1. The monoisotopic (exact) mass is 328 g/mol. The summed E-state index contributed by atoms with van der Waals surface area (Å²) in [6.07, 6.45) is 0. The van der Waals surface area contributed by atoms with Gasteiger partial charge in [0.1, 0.15) is 0 Å². The number of nitrogens with zero attached hydrogens (tertiary/aromatic N) is 2. The number of rotatable bonds is 6. The molecule has 1 atom stereocenters. The Morgan fingerprint density at radius 2 is 1.95 bits per heavy atom. The summed E-state index contributed by atoms with van der Waals surface area (Å²) in [5, 5.41) is 16.1. The highest BCUT2D eigenvalue weighted by Gasteiger charge is 2.22. The number of benzene rings is 1. The lowest BCUT2D eigenvalue weighted by atomic mass is 10.1. The van der Waals surface area contributed by atoms with E-state index in [1.165, 1.54) is 0 Å². The molecule has 0 aliphatic carbocycles. The first-order valence-electron chi connectivity index (χ1n) is 6.99. The molecular formula is C15H25ClN4O2. The molecule has 7 heteroatoms. The molecule has 0 spiro atoms. The number of carbonyl (C=O) groups excluding carboxylic acids is 1. The molecule has 6 nitrogen and oxygen atoms in total. The van der Waals surface area contributed by atoms with Crippen molar-refractivity contribution in [2.45, 2.75) is 12.5 Å². The molecule has 0 saturated carbocycles. The molecule has 0 bridgehead atoms. The number of hydrogen-bond acceptors (Lipinski definition) is 4. The van der Waals surface area contributed by atoms with Crippen molar-refractivity contribution in [3.05, 3.63) is 23.2 Å². The second-order valence-electron chi connectivity index (χ2n) is 6.10. The maximum absolute atomic E-state index is 12.0. The molecule has 22 heavy (non-hydrogen) atoms. The first kappa shape index (κ1) is 18.5. The van der Waals surface area contributed by atoms with Crippen LogP contribution in [0, 0.1) is 0 Å². The van der Waals surface area contributed by atoms with Gasteiger partial charge >= 0.3 is 6.03 Å². The van der Waals surface area contributed by atoms with Crippen LogP contribution >= 0.6 is 11.6 Å². The van der Waals surface area contributed by atoms with Crippen LogP contribution in [0.4, 0.5) is 16.2 Å². The Kier molecular flexibility index (Phi) is 6.47. The van der Waals surface area contributed by atoms with Crippen LogP contribution in [-0.4, -0.2) is 62.9 Å². The highest BCUT2D eigenvalue weighted by molar-refractivity contribution is 6.31. The molecule has 1 unspecified atom stereocenters. The Morgan fingerprint density at radius 1 is 1.32 bits per heavy atom. The van der Waals surface area contributed by atoms with Crippen LogP contribution in [0.15, 0.2) is 18.2 Å². The molecule has 3 N–H and O–H groups in total. The van der Waals surface area contributed by atoms with Gasteiger partial charge in [-0.3, -0.25) is 0 Å². The van der Waals surface area contributed by atoms with Crippen LogP contribution in [0.3, 0.4) is 0 Å².